The molecule has 1 aromatic rings. The molecule has 0 aromatic heterocycles. The molecule has 0 fully saturated rings. The Hall–Kier alpha value is -1.96. The topological polar surface area (TPSA) is 66.5 Å². The molecule has 1 aliphatic rings. The van der Waals surface area contributed by atoms with Crippen LogP contribution in [0.3, 0.4) is 0 Å². The van der Waals surface area contributed by atoms with Crippen molar-refractivity contribution in [3.05, 3.63) is 35.4 Å². The second-order valence-corrected chi connectivity index (χ2v) is 4.84. The second kappa shape index (κ2) is 5.80. The van der Waals surface area contributed by atoms with Crippen molar-refractivity contribution in [3.8, 4) is 0 Å². The Labute approximate surface area is 124 Å². The molecule has 0 spiro atoms. The van der Waals surface area contributed by atoms with Gasteiger partial charge in [-0.1, -0.05) is 18.2 Å². The zero-order chi connectivity index (χ0) is 15.6. The molecule has 2 rings (SSSR count). The molecule has 8 heteroatoms. The number of carbonyl (C=O) groups excluding carboxylic acids is 3. The van der Waals surface area contributed by atoms with Gasteiger partial charge in [-0.2, -0.15) is 21.4 Å². The summed E-state index contributed by atoms with van der Waals surface area (Å²) in [6, 6.07) is 4.98. The largest absolute Gasteiger partial charge is 0.354 e. The first kappa shape index (κ1) is 15.4. The molecule has 0 aliphatic carbocycles. The summed E-state index contributed by atoms with van der Waals surface area (Å²) < 4.78 is 28.1. The van der Waals surface area contributed by atoms with Gasteiger partial charge in [0.25, 0.3) is 5.91 Å². The van der Waals surface area contributed by atoms with Gasteiger partial charge in [-0.05, 0) is 6.07 Å². The fraction of sp³-hybridized carbons (Fsp3) is 0.308. The van der Waals surface area contributed by atoms with Gasteiger partial charge in [0.2, 0.25) is 5.91 Å². The first-order valence-corrected chi connectivity index (χ1v) is 6.74. The van der Waals surface area contributed by atoms with Crippen molar-refractivity contribution in [2.24, 2.45) is 0 Å². The van der Waals surface area contributed by atoms with Gasteiger partial charge >= 0.3 is 11.8 Å². The molecule has 0 bridgehead atoms. The van der Waals surface area contributed by atoms with Crippen LogP contribution in [0.1, 0.15) is 15.9 Å². The minimum atomic E-state index is -3.83. The maximum absolute atomic E-state index is 14.0. The van der Waals surface area contributed by atoms with Gasteiger partial charge in [0.1, 0.15) is 6.54 Å². The number of hydrogen-bond donors (Lipinski definition) is 2. The summed E-state index contributed by atoms with van der Waals surface area (Å²) in [5, 5.41) is 2.37. The fourth-order valence-corrected chi connectivity index (χ4v) is 2.12. The lowest BCUT2D eigenvalue weighted by Crippen LogP contribution is -2.53. The zero-order valence-corrected chi connectivity index (χ0v) is 11.7. The molecule has 112 valence electrons. The summed E-state index contributed by atoms with van der Waals surface area (Å²) in [6.07, 6.45) is 0. The van der Waals surface area contributed by atoms with Crippen molar-refractivity contribution >= 4 is 30.4 Å². The molecular formula is C13H12F2N2O3S. The van der Waals surface area contributed by atoms with E-state index in [0.29, 0.717) is 5.75 Å². The predicted octanol–water partition coefficient (Wildman–Crippen LogP) is 0.807. The van der Waals surface area contributed by atoms with Crippen LogP contribution in [-0.2, 0) is 15.5 Å². The molecule has 5 nitrogen and oxygen atoms in total. The smallest absolute Gasteiger partial charge is 0.351 e. The van der Waals surface area contributed by atoms with Crippen molar-refractivity contribution in [1.82, 2.24) is 10.2 Å². The van der Waals surface area contributed by atoms with Crippen LogP contribution in [0.4, 0.5) is 8.78 Å². The van der Waals surface area contributed by atoms with Crippen LogP contribution >= 0.6 is 12.6 Å². The number of thiol groups is 1. The maximum atomic E-state index is 14.0. The van der Waals surface area contributed by atoms with E-state index in [-0.39, 0.29) is 17.0 Å². The minimum absolute atomic E-state index is 0.213. The van der Waals surface area contributed by atoms with Gasteiger partial charge in [0.15, 0.2) is 0 Å². The van der Waals surface area contributed by atoms with Crippen LogP contribution in [0.25, 0.3) is 0 Å². The third kappa shape index (κ3) is 2.76. The number of alkyl halides is 2. The number of amides is 3. The monoisotopic (exact) mass is 314 g/mol. The highest BCUT2D eigenvalue weighted by molar-refractivity contribution is 7.80. The zero-order valence-electron chi connectivity index (χ0n) is 10.8. The third-order valence-electron chi connectivity index (χ3n) is 2.99. The lowest BCUT2D eigenvalue weighted by atomic mass is 9.95. The fourth-order valence-electron chi connectivity index (χ4n) is 2.00. The first-order valence-electron chi connectivity index (χ1n) is 6.10. The molecule has 0 saturated carbocycles. The molecule has 0 atom stereocenters. The van der Waals surface area contributed by atoms with E-state index in [0.717, 1.165) is 6.07 Å². The van der Waals surface area contributed by atoms with E-state index in [9.17, 15) is 23.2 Å². The maximum Gasteiger partial charge on any atom is 0.351 e. The van der Waals surface area contributed by atoms with Crippen LogP contribution in [0.2, 0.25) is 0 Å². The van der Waals surface area contributed by atoms with Crippen molar-refractivity contribution in [2.75, 3.05) is 18.8 Å². The van der Waals surface area contributed by atoms with Crippen LogP contribution in [0, 0.1) is 0 Å². The summed E-state index contributed by atoms with van der Waals surface area (Å²) >= 11 is 3.88. The molecule has 1 N–H and O–H groups in total. The Kier molecular flexibility index (Phi) is 4.26. The molecule has 0 radical (unpaired) electrons. The lowest BCUT2D eigenvalue weighted by molar-refractivity contribution is -0.158. The standard InChI is InChI=1S/C13H12F2N2O3S/c14-13(15)9-4-2-1-3-8(9)11(19)17(12(13)20)7-10(18)16-5-6-21/h1-4,21H,5-7H2,(H,16,18). The molecular weight excluding hydrogens is 302 g/mol. The number of benzene rings is 1. The normalized spacial score (nSPS) is 16.6. The Morgan fingerprint density at radius 3 is 2.62 bits per heavy atom. The Morgan fingerprint density at radius 2 is 1.95 bits per heavy atom. The van der Waals surface area contributed by atoms with Crippen molar-refractivity contribution in [1.29, 1.82) is 0 Å². The molecule has 3 amide bonds. The van der Waals surface area contributed by atoms with Crippen LogP contribution < -0.4 is 5.32 Å². The van der Waals surface area contributed by atoms with E-state index < -0.39 is 35.8 Å². The Bertz CT molecular complexity index is 607. The highest BCUT2D eigenvalue weighted by Crippen LogP contribution is 2.37. The second-order valence-electron chi connectivity index (χ2n) is 4.39. The highest BCUT2D eigenvalue weighted by Gasteiger charge is 2.52. The van der Waals surface area contributed by atoms with Gasteiger partial charge in [0, 0.05) is 23.4 Å². The van der Waals surface area contributed by atoms with Gasteiger partial charge in [0.05, 0.1) is 0 Å². The summed E-state index contributed by atoms with van der Waals surface area (Å²) in [5.41, 5.74) is -0.906. The molecule has 1 heterocycles. The van der Waals surface area contributed by atoms with E-state index in [1.54, 1.807) is 0 Å². The van der Waals surface area contributed by atoms with E-state index in [1.165, 1.54) is 18.2 Å². The van der Waals surface area contributed by atoms with Crippen molar-refractivity contribution in [3.63, 3.8) is 0 Å². The number of carbonyl (C=O) groups is 3. The van der Waals surface area contributed by atoms with Crippen LogP contribution in [0.15, 0.2) is 24.3 Å². The number of nitrogens with one attached hydrogen (secondary N) is 1. The average molecular weight is 314 g/mol. The molecule has 1 aliphatic heterocycles. The molecule has 0 unspecified atom stereocenters. The third-order valence-corrected chi connectivity index (χ3v) is 3.21. The summed E-state index contributed by atoms with van der Waals surface area (Å²) in [7, 11) is 0. The summed E-state index contributed by atoms with van der Waals surface area (Å²) in [6.45, 7) is -0.527. The molecule has 21 heavy (non-hydrogen) atoms. The van der Waals surface area contributed by atoms with E-state index >= 15 is 0 Å². The molecule has 1 aromatic carbocycles. The Morgan fingerprint density at radius 1 is 1.29 bits per heavy atom. The highest BCUT2D eigenvalue weighted by atomic mass is 32.1. The number of halogens is 2. The number of hydrogen-bond acceptors (Lipinski definition) is 4. The van der Waals surface area contributed by atoms with E-state index in [1.807, 2.05) is 0 Å². The van der Waals surface area contributed by atoms with Gasteiger partial charge < -0.3 is 5.32 Å². The van der Waals surface area contributed by atoms with Crippen LogP contribution in [0.5, 0.6) is 0 Å². The van der Waals surface area contributed by atoms with Gasteiger partial charge in [-0.15, -0.1) is 0 Å². The van der Waals surface area contributed by atoms with Crippen molar-refractivity contribution < 1.29 is 23.2 Å². The van der Waals surface area contributed by atoms with Crippen LogP contribution in [-0.4, -0.2) is 41.5 Å². The average Bonchev–Trinajstić information content (AvgIpc) is 2.48. The first-order chi connectivity index (χ1) is 9.89. The summed E-state index contributed by atoms with van der Waals surface area (Å²) in [5.74, 6) is -6.75. The van der Waals surface area contributed by atoms with Gasteiger partial charge in [-0.25, -0.2) is 0 Å². The SMILES string of the molecule is O=C(CN1C(=O)c2ccccc2C(F)(F)C1=O)NCCS. The molecule has 0 saturated heterocycles. The van der Waals surface area contributed by atoms with E-state index in [4.69, 9.17) is 0 Å². The predicted molar refractivity (Wildman–Crippen MR) is 73.2 cm³/mol. The summed E-state index contributed by atoms with van der Waals surface area (Å²) in [4.78, 5) is 35.7. The number of rotatable bonds is 4. The minimum Gasteiger partial charge on any atom is -0.354 e. The lowest BCUT2D eigenvalue weighted by Gasteiger charge is -2.31. The number of nitrogens with zero attached hydrogens (tertiary/aromatic N) is 1. The van der Waals surface area contributed by atoms with Gasteiger partial charge in [-0.3, -0.25) is 19.3 Å². The van der Waals surface area contributed by atoms with E-state index in [2.05, 4.69) is 17.9 Å². The number of imide groups is 1. The number of fused-ring (bicyclic) bond motifs is 1. The quantitative estimate of drug-likeness (QED) is 0.638. The van der Waals surface area contributed by atoms with Crippen molar-refractivity contribution in [2.45, 2.75) is 5.92 Å². The Balaban J connectivity index is 2.31.